The van der Waals surface area contributed by atoms with Crippen LogP contribution < -0.4 is 5.32 Å². The van der Waals surface area contributed by atoms with E-state index in [-0.39, 0.29) is 42.5 Å². The van der Waals surface area contributed by atoms with Crippen LogP contribution in [0, 0.1) is 18.8 Å². The normalized spacial score (nSPS) is 19.6. The molecule has 2 aromatic carbocycles. The molecule has 0 unspecified atom stereocenters. The van der Waals surface area contributed by atoms with Crippen LogP contribution in [-0.4, -0.2) is 38.9 Å². The lowest BCUT2D eigenvalue weighted by atomic mass is 9.81. The number of fused-ring (bicyclic) bond motifs is 1. The lowest BCUT2D eigenvalue weighted by Crippen LogP contribution is -2.34. The first-order chi connectivity index (χ1) is 17.0. The number of carbonyl (C=O) groups excluding carboxylic acids is 3. The zero-order chi connectivity index (χ0) is 24.4. The van der Waals surface area contributed by atoms with Gasteiger partial charge in [-0.15, -0.1) is 0 Å². The van der Waals surface area contributed by atoms with Crippen molar-refractivity contribution in [2.45, 2.75) is 45.6 Å². The second-order valence-corrected chi connectivity index (χ2v) is 9.55. The number of aryl methyl sites for hydroxylation is 1. The van der Waals surface area contributed by atoms with Crippen LogP contribution in [0.15, 0.2) is 60.7 Å². The quantitative estimate of drug-likeness (QED) is 0.519. The van der Waals surface area contributed by atoms with Crippen molar-refractivity contribution < 1.29 is 14.4 Å². The summed E-state index contributed by atoms with van der Waals surface area (Å²) < 4.78 is 1.78. The van der Waals surface area contributed by atoms with Crippen LogP contribution in [-0.2, 0) is 20.9 Å². The molecule has 0 radical (unpaired) electrons. The number of likely N-dealkylation sites (tertiary alicyclic amines) is 1. The molecule has 2 atom stereocenters. The minimum atomic E-state index is -0.245. The third-order valence-corrected chi connectivity index (χ3v) is 7.03. The Kier molecular flexibility index (Phi) is 6.49. The molecule has 0 spiro atoms. The van der Waals surface area contributed by atoms with Gasteiger partial charge in [0.1, 0.15) is 5.82 Å². The Bertz CT molecular complexity index is 1230. The average Bonchev–Trinajstić information content (AvgIpc) is 3.36. The summed E-state index contributed by atoms with van der Waals surface area (Å²) in [4.78, 5) is 39.7. The highest BCUT2D eigenvalue weighted by molar-refractivity contribution is 6.05. The number of hydrogen-bond donors (Lipinski definition) is 1. The van der Waals surface area contributed by atoms with Gasteiger partial charge in [0, 0.05) is 24.6 Å². The van der Waals surface area contributed by atoms with Gasteiger partial charge in [0.2, 0.25) is 17.7 Å². The van der Waals surface area contributed by atoms with Crippen molar-refractivity contribution >= 4 is 23.5 Å². The Morgan fingerprint density at radius 1 is 0.971 bits per heavy atom. The third kappa shape index (κ3) is 4.90. The van der Waals surface area contributed by atoms with Gasteiger partial charge in [0.05, 0.1) is 24.1 Å². The molecule has 3 amide bonds. The van der Waals surface area contributed by atoms with Crippen molar-refractivity contribution in [1.29, 1.82) is 0 Å². The Labute approximate surface area is 205 Å². The van der Waals surface area contributed by atoms with Gasteiger partial charge in [-0.3, -0.25) is 19.3 Å². The molecule has 2 aliphatic rings. The fraction of sp³-hybridized carbons (Fsp3) is 0.357. The number of amides is 3. The van der Waals surface area contributed by atoms with Gasteiger partial charge in [0.25, 0.3) is 0 Å². The molecule has 2 heterocycles. The molecule has 1 saturated carbocycles. The molecule has 0 bridgehead atoms. The van der Waals surface area contributed by atoms with Crippen LogP contribution in [0.2, 0.25) is 0 Å². The maximum absolute atomic E-state index is 12.9. The number of nitrogens with one attached hydrogen (secondary N) is 1. The Hall–Kier alpha value is -3.74. The van der Waals surface area contributed by atoms with Gasteiger partial charge in [-0.2, -0.15) is 5.10 Å². The number of hydrogen-bond acceptors (Lipinski definition) is 4. The van der Waals surface area contributed by atoms with Gasteiger partial charge in [-0.25, -0.2) is 4.68 Å². The summed E-state index contributed by atoms with van der Waals surface area (Å²) in [5, 5.41) is 7.73. The van der Waals surface area contributed by atoms with Gasteiger partial charge in [0.15, 0.2) is 0 Å². The van der Waals surface area contributed by atoms with E-state index < -0.39 is 0 Å². The van der Waals surface area contributed by atoms with Crippen molar-refractivity contribution in [3.05, 3.63) is 71.8 Å². The number of carbonyl (C=O) groups is 3. The van der Waals surface area contributed by atoms with E-state index >= 15 is 0 Å². The lowest BCUT2D eigenvalue weighted by molar-refractivity contribution is -0.140. The third-order valence-electron chi connectivity index (χ3n) is 7.03. The van der Waals surface area contributed by atoms with E-state index in [1.165, 1.54) is 4.90 Å². The number of nitrogens with zero attached hydrogens (tertiary/aromatic N) is 3. The second-order valence-electron chi connectivity index (χ2n) is 9.55. The summed E-state index contributed by atoms with van der Waals surface area (Å²) in [7, 11) is 0. The Morgan fingerprint density at radius 2 is 1.69 bits per heavy atom. The van der Waals surface area contributed by atoms with Crippen LogP contribution in [0.25, 0.3) is 11.3 Å². The number of rotatable bonds is 7. The number of anilines is 1. The van der Waals surface area contributed by atoms with Crippen LogP contribution in [0.4, 0.5) is 5.82 Å². The summed E-state index contributed by atoms with van der Waals surface area (Å²) in [6.45, 7) is 2.66. The number of aromatic nitrogens is 2. The zero-order valence-corrected chi connectivity index (χ0v) is 19.9. The van der Waals surface area contributed by atoms with Gasteiger partial charge < -0.3 is 5.32 Å². The second kappa shape index (κ2) is 9.86. The Balaban J connectivity index is 1.31. The minimum absolute atomic E-state index is 0.0627. The molecule has 180 valence electrons. The van der Waals surface area contributed by atoms with Crippen molar-refractivity contribution in [2.24, 2.45) is 11.8 Å². The van der Waals surface area contributed by atoms with Gasteiger partial charge >= 0.3 is 0 Å². The molecular weight excluding hydrogens is 440 g/mol. The van der Waals surface area contributed by atoms with E-state index in [9.17, 15) is 14.4 Å². The molecule has 35 heavy (non-hydrogen) atoms. The molecule has 1 N–H and O–H groups in total. The molecule has 7 nitrogen and oxygen atoms in total. The molecule has 5 rings (SSSR count). The van der Waals surface area contributed by atoms with E-state index in [1.54, 1.807) is 4.68 Å². The van der Waals surface area contributed by atoms with Crippen LogP contribution in [0.1, 0.15) is 43.2 Å². The van der Waals surface area contributed by atoms with Crippen LogP contribution >= 0.6 is 0 Å². The predicted molar refractivity (Wildman–Crippen MR) is 133 cm³/mol. The maximum Gasteiger partial charge on any atom is 0.233 e. The lowest BCUT2D eigenvalue weighted by Gasteiger charge is -2.19. The first kappa shape index (κ1) is 23.0. The zero-order valence-electron chi connectivity index (χ0n) is 19.9. The average molecular weight is 471 g/mol. The molecule has 3 aromatic rings. The van der Waals surface area contributed by atoms with Crippen LogP contribution in [0.3, 0.4) is 0 Å². The summed E-state index contributed by atoms with van der Waals surface area (Å²) in [6, 6.07) is 19.9. The van der Waals surface area contributed by atoms with Crippen molar-refractivity contribution in [2.75, 3.05) is 11.9 Å². The maximum atomic E-state index is 12.9. The van der Waals surface area contributed by atoms with Gasteiger partial charge in [-0.05, 0) is 31.4 Å². The van der Waals surface area contributed by atoms with Crippen molar-refractivity contribution in [3.8, 4) is 11.3 Å². The van der Waals surface area contributed by atoms with E-state index in [1.807, 2.05) is 61.5 Å². The minimum Gasteiger partial charge on any atom is -0.311 e. The highest BCUT2D eigenvalue weighted by Crippen LogP contribution is 2.38. The SMILES string of the molecule is Cc1cccc(-c2cc(NC(=O)CCN3C(=O)[C@@H]4CCCC[C@H]4C3=O)n(Cc3ccccc3)n2)c1. The number of benzene rings is 2. The van der Waals surface area contributed by atoms with E-state index in [4.69, 9.17) is 5.10 Å². The van der Waals surface area contributed by atoms with Gasteiger partial charge in [-0.1, -0.05) is 66.9 Å². The molecule has 2 fully saturated rings. The van der Waals surface area contributed by atoms with Crippen molar-refractivity contribution in [3.63, 3.8) is 0 Å². The first-order valence-corrected chi connectivity index (χ1v) is 12.3. The van der Waals surface area contributed by atoms with E-state index in [0.717, 1.165) is 48.1 Å². The molecule has 1 aliphatic carbocycles. The Morgan fingerprint density at radius 3 is 2.37 bits per heavy atom. The highest BCUT2D eigenvalue weighted by Gasteiger charge is 2.47. The highest BCUT2D eigenvalue weighted by atomic mass is 16.2. The molecular formula is C28H30N4O3. The summed E-state index contributed by atoms with van der Waals surface area (Å²) in [5.41, 5.74) is 3.95. The standard InChI is InChI=1S/C28H30N4O3/c1-19-8-7-11-21(16-19)24-17-25(32(30-24)18-20-9-3-2-4-10-20)29-26(33)14-15-31-27(34)22-12-5-6-13-23(22)28(31)35/h2-4,7-11,16-17,22-23H,5-6,12-15,18H2,1H3,(H,29,33)/t22-,23-/m1/s1. The van der Waals surface area contributed by atoms with E-state index in [2.05, 4.69) is 11.4 Å². The summed E-state index contributed by atoms with van der Waals surface area (Å²) >= 11 is 0. The molecule has 1 saturated heterocycles. The summed E-state index contributed by atoms with van der Waals surface area (Å²) in [6.07, 6.45) is 3.59. The number of imide groups is 1. The first-order valence-electron chi connectivity index (χ1n) is 12.3. The summed E-state index contributed by atoms with van der Waals surface area (Å²) in [5.74, 6) is -0.257. The molecule has 1 aliphatic heterocycles. The topological polar surface area (TPSA) is 84.3 Å². The molecule has 1 aromatic heterocycles. The largest absolute Gasteiger partial charge is 0.311 e. The molecule has 7 heteroatoms. The van der Waals surface area contributed by atoms with Crippen molar-refractivity contribution in [1.82, 2.24) is 14.7 Å². The predicted octanol–water partition coefficient (Wildman–Crippen LogP) is 4.41. The van der Waals surface area contributed by atoms with Crippen LogP contribution in [0.5, 0.6) is 0 Å². The van der Waals surface area contributed by atoms with E-state index in [0.29, 0.717) is 12.4 Å². The monoisotopic (exact) mass is 470 g/mol. The smallest absolute Gasteiger partial charge is 0.233 e. The fourth-order valence-corrected chi connectivity index (χ4v) is 5.21. The fourth-order valence-electron chi connectivity index (χ4n) is 5.21.